The van der Waals surface area contributed by atoms with Crippen molar-refractivity contribution in [3.63, 3.8) is 0 Å². The minimum absolute atomic E-state index is 0.184. The first-order valence-corrected chi connectivity index (χ1v) is 10.2. The summed E-state index contributed by atoms with van der Waals surface area (Å²) in [4.78, 5) is 15.8. The van der Waals surface area contributed by atoms with Gasteiger partial charge in [-0.1, -0.05) is 51.1 Å². The number of fused-ring (bicyclic) bond motifs is 1. The summed E-state index contributed by atoms with van der Waals surface area (Å²) in [6.45, 7) is 11.4. The maximum atomic E-state index is 13.6. The molecule has 0 radical (unpaired) electrons. The maximum absolute atomic E-state index is 13.6. The van der Waals surface area contributed by atoms with Crippen LogP contribution in [0.15, 0.2) is 30.3 Å². The van der Waals surface area contributed by atoms with Crippen LogP contribution in [0.3, 0.4) is 0 Å². The van der Waals surface area contributed by atoms with Crippen molar-refractivity contribution in [1.29, 1.82) is 0 Å². The van der Waals surface area contributed by atoms with Crippen LogP contribution in [0.4, 0.5) is 0 Å². The topological polar surface area (TPSA) is 29.5 Å². The molecule has 140 valence electrons. The number of carbonyl (C=O) groups is 1. The molecule has 3 saturated carbocycles. The van der Waals surface area contributed by atoms with Gasteiger partial charge in [-0.2, -0.15) is 0 Å². The highest BCUT2D eigenvalue weighted by atomic mass is 16.6. The highest BCUT2D eigenvalue weighted by molar-refractivity contribution is 5.87. The third kappa shape index (κ3) is 1.86. The van der Waals surface area contributed by atoms with Crippen LogP contribution in [-0.2, 0) is 16.0 Å². The lowest BCUT2D eigenvalue weighted by atomic mass is 9.43. The molecule has 26 heavy (non-hydrogen) atoms. The van der Waals surface area contributed by atoms with Crippen molar-refractivity contribution in [2.45, 2.75) is 77.7 Å². The summed E-state index contributed by atoms with van der Waals surface area (Å²) < 4.78 is 6.86. The lowest BCUT2D eigenvalue weighted by Gasteiger charge is -2.65. The van der Waals surface area contributed by atoms with Crippen LogP contribution in [0.1, 0.15) is 59.4 Å². The zero-order valence-corrected chi connectivity index (χ0v) is 16.7. The van der Waals surface area contributed by atoms with Gasteiger partial charge < -0.3 is 9.64 Å². The summed E-state index contributed by atoms with van der Waals surface area (Å²) in [6.07, 6.45) is 3.95. The fraction of sp³-hybridized carbons (Fsp3) is 0.696. The molecule has 3 nitrogen and oxygen atoms in total. The zero-order chi connectivity index (χ0) is 18.5. The minimum Gasteiger partial charge on any atom is -0.347 e. The number of benzene rings is 1. The van der Waals surface area contributed by atoms with E-state index in [9.17, 15) is 4.79 Å². The highest BCUT2D eigenvalue weighted by Gasteiger charge is 2.75. The zero-order valence-electron chi connectivity index (χ0n) is 16.7. The van der Waals surface area contributed by atoms with Crippen molar-refractivity contribution in [2.75, 3.05) is 0 Å². The molecule has 5 aliphatic rings. The highest BCUT2D eigenvalue weighted by Crippen LogP contribution is 2.69. The second-order valence-corrected chi connectivity index (χ2v) is 10.6. The van der Waals surface area contributed by atoms with Crippen molar-refractivity contribution >= 4 is 5.91 Å². The molecule has 2 saturated heterocycles. The number of carbonyl (C=O) groups excluding carboxylic acids is 1. The summed E-state index contributed by atoms with van der Waals surface area (Å²) in [6, 6.07) is 10.7. The molecule has 2 bridgehead atoms. The van der Waals surface area contributed by atoms with E-state index in [2.05, 4.69) is 63.8 Å². The quantitative estimate of drug-likeness (QED) is 0.788. The Kier molecular flexibility index (Phi) is 3.06. The summed E-state index contributed by atoms with van der Waals surface area (Å²) in [5.41, 5.74) is 0.583. The Labute approximate surface area is 157 Å². The fourth-order valence-corrected chi connectivity index (χ4v) is 7.23. The van der Waals surface area contributed by atoms with Crippen molar-refractivity contribution in [2.24, 2.45) is 22.7 Å². The van der Waals surface area contributed by atoms with Crippen molar-refractivity contribution in [3.8, 4) is 0 Å². The smallest absolute Gasteiger partial charge is 0.231 e. The van der Waals surface area contributed by atoms with Gasteiger partial charge in [-0.25, -0.2) is 0 Å². The van der Waals surface area contributed by atoms with E-state index in [1.54, 1.807) is 0 Å². The first kappa shape index (κ1) is 16.8. The summed E-state index contributed by atoms with van der Waals surface area (Å²) in [7, 11) is 0. The second-order valence-electron chi connectivity index (χ2n) is 10.6. The van der Waals surface area contributed by atoms with E-state index in [0.717, 1.165) is 25.2 Å². The average molecular weight is 354 g/mol. The number of ether oxygens (including phenoxy) is 1. The summed E-state index contributed by atoms with van der Waals surface area (Å²) in [5, 5.41) is 0. The van der Waals surface area contributed by atoms with Gasteiger partial charge in [0.2, 0.25) is 5.91 Å². The molecular formula is C23H31NO2. The van der Waals surface area contributed by atoms with Gasteiger partial charge in [-0.15, -0.1) is 0 Å². The Morgan fingerprint density at radius 3 is 2.42 bits per heavy atom. The molecule has 1 amide bonds. The van der Waals surface area contributed by atoms with Crippen molar-refractivity contribution < 1.29 is 9.53 Å². The SMILES string of the molecule is CC1(C)[C@H]2C[C@@H]3N4C(=O)[C@](C)(Cc5ccccc5)C[C@@]4(C)O[C@]3(C)[C@@H]1C2. The maximum Gasteiger partial charge on any atom is 0.231 e. The van der Waals surface area contributed by atoms with Crippen LogP contribution in [0.2, 0.25) is 0 Å². The Bertz CT molecular complexity index is 774. The van der Waals surface area contributed by atoms with Gasteiger partial charge in [0.05, 0.1) is 17.1 Å². The number of hydrogen-bond donors (Lipinski definition) is 0. The van der Waals surface area contributed by atoms with Crippen molar-refractivity contribution in [1.82, 2.24) is 4.90 Å². The number of amides is 1. The molecule has 2 heterocycles. The molecule has 0 unspecified atom stereocenters. The molecule has 6 rings (SSSR count). The number of nitrogens with zero attached hydrogens (tertiary/aromatic N) is 1. The van der Waals surface area contributed by atoms with Gasteiger partial charge in [-0.05, 0) is 55.9 Å². The van der Waals surface area contributed by atoms with Crippen LogP contribution in [0, 0.1) is 22.7 Å². The summed E-state index contributed by atoms with van der Waals surface area (Å²) in [5.74, 6) is 1.59. The molecule has 0 aromatic heterocycles. The molecule has 0 N–H and O–H groups in total. The van der Waals surface area contributed by atoms with E-state index in [0.29, 0.717) is 17.2 Å². The molecular weight excluding hydrogens is 322 g/mol. The minimum atomic E-state index is -0.451. The van der Waals surface area contributed by atoms with Gasteiger partial charge in [0.15, 0.2) is 0 Å². The third-order valence-electron chi connectivity index (χ3n) is 8.48. The standard InChI is InChI=1S/C23H31NO2/c1-20(2)16-11-17(20)23(5)18(12-16)24-19(25)21(3,14-22(24,4)26-23)13-15-9-7-6-8-10-15/h6-10,16-18H,11-14H2,1-5H3/t16-,17-,18+,21-,22-,23-/m1/s1. The largest absolute Gasteiger partial charge is 0.347 e. The fourth-order valence-electron chi connectivity index (χ4n) is 7.23. The van der Waals surface area contributed by atoms with Crippen LogP contribution >= 0.6 is 0 Å². The molecule has 0 spiro atoms. The van der Waals surface area contributed by atoms with Crippen LogP contribution in [0.25, 0.3) is 0 Å². The Morgan fingerprint density at radius 2 is 1.77 bits per heavy atom. The third-order valence-corrected chi connectivity index (χ3v) is 8.48. The Morgan fingerprint density at radius 1 is 1.08 bits per heavy atom. The molecule has 6 atom stereocenters. The monoisotopic (exact) mass is 353 g/mol. The van der Waals surface area contributed by atoms with Gasteiger partial charge in [0.25, 0.3) is 0 Å². The lowest BCUT2D eigenvalue weighted by Crippen LogP contribution is -2.67. The first-order chi connectivity index (χ1) is 12.1. The first-order valence-electron chi connectivity index (χ1n) is 10.2. The molecule has 2 aliphatic heterocycles. The van der Waals surface area contributed by atoms with Gasteiger partial charge in [0.1, 0.15) is 5.72 Å². The molecule has 5 fully saturated rings. The van der Waals surface area contributed by atoms with E-state index in [1.165, 1.54) is 12.0 Å². The van der Waals surface area contributed by atoms with Crippen LogP contribution in [0.5, 0.6) is 0 Å². The molecule has 1 aromatic rings. The predicted octanol–water partition coefficient (Wildman–Crippen LogP) is 4.41. The Balaban J connectivity index is 1.48. The predicted molar refractivity (Wildman–Crippen MR) is 101 cm³/mol. The van der Waals surface area contributed by atoms with Gasteiger partial charge in [-0.3, -0.25) is 4.79 Å². The van der Waals surface area contributed by atoms with E-state index in [-0.39, 0.29) is 17.1 Å². The summed E-state index contributed by atoms with van der Waals surface area (Å²) >= 11 is 0. The average Bonchev–Trinajstić information content (AvgIpc) is 2.89. The van der Waals surface area contributed by atoms with Gasteiger partial charge in [0, 0.05) is 6.42 Å². The van der Waals surface area contributed by atoms with E-state index < -0.39 is 5.72 Å². The molecule has 3 heteroatoms. The van der Waals surface area contributed by atoms with Crippen molar-refractivity contribution in [3.05, 3.63) is 35.9 Å². The number of rotatable bonds is 2. The number of hydrogen-bond acceptors (Lipinski definition) is 2. The van der Waals surface area contributed by atoms with E-state index >= 15 is 0 Å². The van der Waals surface area contributed by atoms with Crippen LogP contribution in [-0.4, -0.2) is 28.2 Å². The van der Waals surface area contributed by atoms with Gasteiger partial charge >= 0.3 is 0 Å². The molecule has 3 aliphatic carbocycles. The van der Waals surface area contributed by atoms with E-state index in [1.807, 2.05) is 6.07 Å². The normalized spacial score (nSPS) is 48.1. The van der Waals surface area contributed by atoms with E-state index in [4.69, 9.17) is 4.74 Å². The Hall–Kier alpha value is -1.35. The second kappa shape index (κ2) is 4.73. The lowest BCUT2D eigenvalue weighted by molar-refractivity contribution is -0.225. The van der Waals surface area contributed by atoms with Crippen LogP contribution < -0.4 is 0 Å². The molecule has 1 aromatic carbocycles.